The van der Waals surface area contributed by atoms with Crippen molar-refractivity contribution in [3.63, 3.8) is 0 Å². The molecule has 38 heavy (non-hydrogen) atoms. The summed E-state index contributed by atoms with van der Waals surface area (Å²) in [6.07, 6.45) is 10.9. The lowest BCUT2D eigenvalue weighted by Gasteiger charge is -2.15. The molecule has 0 bridgehead atoms. The SMILES string of the molecule is CCCCCCCCCCSSCCC(=O)NCCSCCc1cn([C@H]2C[C@H](O)[C@@H](CO)O2)c(=O)[nH]c1=O. The number of nitrogens with one attached hydrogen (secondary N) is 2. The number of unbranched alkanes of at least 4 members (excludes halogenated alkanes) is 7. The van der Waals surface area contributed by atoms with Gasteiger partial charge in [-0.05, 0) is 18.6 Å². The number of carbonyl (C=O) groups excluding carboxylic acids is 1. The molecular weight excluding hydrogens is 547 g/mol. The van der Waals surface area contributed by atoms with E-state index >= 15 is 0 Å². The van der Waals surface area contributed by atoms with Crippen molar-refractivity contribution in [2.24, 2.45) is 0 Å². The fourth-order valence-electron chi connectivity index (χ4n) is 4.15. The first kappa shape index (κ1) is 33.3. The normalized spacial score (nSPS) is 19.2. The average Bonchev–Trinajstić information content (AvgIpc) is 3.27. The standard InChI is InChI=1S/C26H45N3O6S3/c1-2-3-4-5-6-7-8-9-13-37-38-15-11-23(32)27-12-16-36-14-10-20-18-29(26(34)28-25(20)33)24-17-21(31)22(19-30)35-24/h18,21-22,24,30-31H,2-17,19H2,1H3,(H,27,32)(H,28,33,34)/t21-,22+,24+/m0/s1. The van der Waals surface area contributed by atoms with Gasteiger partial charge in [-0.25, -0.2) is 4.79 Å². The van der Waals surface area contributed by atoms with Gasteiger partial charge in [0, 0.05) is 48.4 Å². The first-order valence-corrected chi connectivity index (χ1v) is 17.5. The van der Waals surface area contributed by atoms with Gasteiger partial charge in [0.15, 0.2) is 0 Å². The summed E-state index contributed by atoms with van der Waals surface area (Å²) in [5.41, 5.74) is -0.585. The van der Waals surface area contributed by atoms with E-state index in [2.05, 4.69) is 17.2 Å². The van der Waals surface area contributed by atoms with Crippen molar-refractivity contribution in [3.8, 4) is 0 Å². The van der Waals surface area contributed by atoms with Gasteiger partial charge in [0.05, 0.1) is 12.7 Å². The van der Waals surface area contributed by atoms with Crippen LogP contribution < -0.4 is 16.6 Å². The Hall–Kier alpha value is -0.920. The Labute approximate surface area is 238 Å². The molecule has 9 nitrogen and oxygen atoms in total. The largest absolute Gasteiger partial charge is 0.394 e. The molecule has 12 heteroatoms. The number of hydrogen-bond donors (Lipinski definition) is 4. The summed E-state index contributed by atoms with van der Waals surface area (Å²) in [6.45, 7) is 2.48. The van der Waals surface area contributed by atoms with Crippen molar-refractivity contribution >= 4 is 39.3 Å². The zero-order valence-electron chi connectivity index (χ0n) is 22.5. The molecule has 1 aromatic rings. The van der Waals surface area contributed by atoms with Crippen molar-refractivity contribution in [1.82, 2.24) is 14.9 Å². The number of aryl methyl sites for hydroxylation is 1. The second-order valence-corrected chi connectivity index (χ2v) is 13.4. The minimum absolute atomic E-state index is 0.0641. The van der Waals surface area contributed by atoms with Gasteiger partial charge < -0.3 is 20.3 Å². The van der Waals surface area contributed by atoms with Gasteiger partial charge in [0.1, 0.15) is 12.3 Å². The number of nitrogens with zero attached hydrogens (tertiary/aromatic N) is 1. The number of aliphatic hydroxyl groups is 2. The summed E-state index contributed by atoms with van der Waals surface area (Å²) in [5.74, 6) is 3.43. The molecule has 3 atom stereocenters. The van der Waals surface area contributed by atoms with Gasteiger partial charge in [0.2, 0.25) is 5.91 Å². The Kier molecular flexibility index (Phi) is 17.5. The molecule has 0 radical (unpaired) electrons. The maximum atomic E-state index is 12.2. The second kappa shape index (κ2) is 20.0. The molecule has 1 aromatic heterocycles. The Morgan fingerprint density at radius 3 is 2.50 bits per heavy atom. The predicted octanol–water partition coefficient (Wildman–Crippen LogP) is 3.48. The van der Waals surface area contributed by atoms with Crippen LogP contribution in [0.25, 0.3) is 0 Å². The van der Waals surface area contributed by atoms with Crippen LogP contribution in [0.1, 0.15) is 82.9 Å². The van der Waals surface area contributed by atoms with Gasteiger partial charge in [-0.15, -0.1) is 0 Å². The Morgan fingerprint density at radius 1 is 1.08 bits per heavy atom. The van der Waals surface area contributed by atoms with Crippen LogP contribution in [-0.4, -0.2) is 74.0 Å². The molecule has 0 aromatic carbocycles. The fraction of sp³-hybridized carbons (Fsp3) is 0.808. The second-order valence-electron chi connectivity index (χ2n) is 9.52. The molecule has 2 rings (SSSR count). The number of amides is 1. The van der Waals surface area contributed by atoms with E-state index in [0.29, 0.717) is 30.7 Å². The maximum Gasteiger partial charge on any atom is 0.330 e. The number of rotatable bonds is 21. The van der Waals surface area contributed by atoms with Crippen LogP contribution in [0, 0.1) is 0 Å². The van der Waals surface area contributed by atoms with E-state index in [9.17, 15) is 24.6 Å². The summed E-state index contributed by atoms with van der Waals surface area (Å²) < 4.78 is 6.80. The van der Waals surface area contributed by atoms with E-state index in [4.69, 9.17) is 4.74 Å². The topological polar surface area (TPSA) is 134 Å². The van der Waals surface area contributed by atoms with Crippen molar-refractivity contribution in [2.45, 2.75) is 96.0 Å². The number of ether oxygens (including phenoxy) is 1. The molecule has 0 saturated carbocycles. The summed E-state index contributed by atoms with van der Waals surface area (Å²) >= 11 is 1.62. The van der Waals surface area contributed by atoms with Gasteiger partial charge in [-0.2, -0.15) is 11.8 Å². The third-order valence-corrected chi connectivity index (χ3v) is 9.88. The average molecular weight is 592 g/mol. The smallest absolute Gasteiger partial charge is 0.330 e. The molecular formula is C26H45N3O6S3. The molecule has 1 fully saturated rings. The molecule has 0 unspecified atom stereocenters. The minimum Gasteiger partial charge on any atom is -0.394 e. The van der Waals surface area contributed by atoms with E-state index in [-0.39, 0.29) is 18.9 Å². The van der Waals surface area contributed by atoms with E-state index < -0.39 is 29.7 Å². The van der Waals surface area contributed by atoms with E-state index in [1.54, 1.807) is 22.6 Å². The molecule has 0 spiro atoms. The number of carbonyl (C=O) groups is 1. The van der Waals surface area contributed by atoms with Crippen LogP contribution in [-0.2, 0) is 16.0 Å². The first-order chi connectivity index (χ1) is 18.5. The van der Waals surface area contributed by atoms with E-state index in [0.717, 1.165) is 17.3 Å². The Balaban J connectivity index is 1.50. The summed E-state index contributed by atoms with van der Waals surface area (Å²) in [6, 6.07) is 0. The van der Waals surface area contributed by atoms with Gasteiger partial charge in [0.25, 0.3) is 5.56 Å². The lowest BCUT2D eigenvalue weighted by atomic mass is 10.1. The first-order valence-electron chi connectivity index (χ1n) is 13.8. The third-order valence-electron chi connectivity index (χ3n) is 6.40. The summed E-state index contributed by atoms with van der Waals surface area (Å²) in [5, 5.41) is 22.1. The minimum atomic E-state index is -0.866. The van der Waals surface area contributed by atoms with E-state index in [1.807, 2.05) is 10.8 Å². The van der Waals surface area contributed by atoms with Crippen molar-refractivity contribution in [1.29, 1.82) is 0 Å². The number of aromatic nitrogens is 2. The highest BCUT2D eigenvalue weighted by Crippen LogP contribution is 2.27. The maximum absolute atomic E-state index is 12.2. The zero-order chi connectivity index (χ0) is 27.6. The number of aliphatic hydroxyl groups excluding tert-OH is 2. The molecule has 0 aliphatic carbocycles. The molecule has 1 aliphatic heterocycles. The van der Waals surface area contributed by atoms with Gasteiger partial charge in [-0.3, -0.25) is 19.1 Å². The zero-order valence-corrected chi connectivity index (χ0v) is 25.0. The number of aromatic amines is 1. The van der Waals surface area contributed by atoms with Crippen LogP contribution >= 0.6 is 33.3 Å². The van der Waals surface area contributed by atoms with Crippen molar-refractivity contribution in [2.75, 3.05) is 36.2 Å². The van der Waals surface area contributed by atoms with Crippen LogP contribution in [0.4, 0.5) is 0 Å². The van der Waals surface area contributed by atoms with Crippen molar-refractivity contribution in [3.05, 3.63) is 32.6 Å². The number of H-pyrrole nitrogens is 1. The molecule has 1 saturated heterocycles. The molecule has 1 amide bonds. The van der Waals surface area contributed by atoms with E-state index in [1.165, 1.54) is 62.1 Å². The van der Waals surface area contributed by atoms with Gasteiger partial charge in [-0.1, -0.05) is 73.5 Å². The lowest BCUT2D eigenvalue weighted by molar-refractivity contribution is -0.120. The molecule has 2 heterocycles. The van der Waals surface area contributed by atoms with Crippen molar-refractivity contribution < 1.29 is 19.7 Å². The summed E-state index contributed by atoms with van der Waals surface area (Å²) in [7, 11) is 3.64. The monoisotopic (exact) mass is 591 g/mol. The van der Waals surface area contributed by atoms with Gasteiger partial charge >= 0.3 is 5.69 Å². The highest BCUT2D eigenvalue weighted by molar-refractivity contribution is 8.76. The molecule has 218 valence electrons. The lowest BCUT2D eigenvalue weighted by Crippen LogP contribution is -2.34. The summed E-state index contributed by atoms with van der Waals surface area (Å²) in [4.78, 5) is 38.7. The third kappa shape index (κ3) is 13.0. The molecule has 1 aliphatic rings. The van der Waals surface area contributed by atoms with Crippen LogP contribution in [0.5, 0.6) is 0 Å². The molecule has 4 N–H and O–H groups in total. The van der Waals surface area contributed by atoms with Crippen LogP contribution in [0.15, 0.2) is 15.8 Å². The number of thioether (sulfide) groups is 1. The highest BCUT2D eigenvalue weighted by atomic mass is 33.1. The Morgan fingerprint density at radius 2 is 1.79 bits per heavy atom. The van der Waals surface area contributed by atoms with Crippen LogP contribution in [0.2, 0.25) is 0 Å². The fourth-order valence-corrected chi connectivity index (χ4v) is 7.10. The van der Waals surface area contributed by atoms with Crippen LogP contribution in [0.3, 0.4) is 0 Å². The number of hydrogen-bond acceptors (Lipinski definition) is 9. The quantitative estimate of drug-likeness (QED) is 0.125. The Bertz CT molecular complexity index is 913. The predicted molar refractivity (Wildman–Crippen MR) is 159 cm³/mol. The highest BCUT2D eigenvalue weighted by Gasteiger charge is 2.35.